The largest absolute Gasteiger partial charge is 0.486 e. The molecule has 2 aromatic heterocycles. The molecule has 0 aliphatic carbocycles. The van der Waals surface area contributed by atoms with E-state index in [1.165, 1.54) is 0 Å². The number of hydrogen-bond acceptors (Lipinski definition) is 7. The van der Waals surface area contributed by atoms with Crippen LogP contribution in [0.2, 0.25) is 0 Å². The number of carbonyl (C=O) groups is 2. The first-order valence-electron chi connectivity index (χ1n) is 11.5. The van der Waals surface area contributed by atoms with Crippen molar-refractivity contribution < 1.29 is 23.8 Å². The van der Waals surface area contributed by atoms with Crippen LogP contribution < -0.4 is 14.8 Å². The molecule has 1 aliphatic heterocycles. The van der Waals surface area contributed by atoms with Gasteiger partial charge in [0.05, 0.1) is 12.1 Å². The minimum absolute atomic E-state index is 0.138. The molecule has 180 valence electrons. The van der Waals surface area contributed by atoms with Gasteiger partial charge in [-0.05, 0) is 50.1 Å². The molecule has 0 bridgehead atoms. The number of carbonyl (C=O) groups excluding carboxylic acids is 2. The summed E-state index contributed by atoms with van der Waals surface area (Å²) in [4.78, 5) is 29.2. The van der Waals surface area contributed by atoms with Gasteiger partial charge < -0.3 is 19.5 Å². The molecule has 0 saturated carbocycles. The molecule has 9 heteroatoms. The fourth-order valence-electron chi connectivity index (χ4n) is 4.23. The van der Waals surface area contributed by atoms with Crippen LogP contribution in [0.5, 0.6) is 11.5 Å². The van der Waals surface area contributed by atoms with E-state index in [9.17, 15) is 9.59 Å². The molecule has 1 amide bonds. The van der Waals surface area contributed by atoms with Crippen LogP contribution in [0.1, 0.15) is 23.4 Å². The van der Waals surface area contributed by atoms with Gasteiger partial charge >= 0.3 is 5.97 Å². The van der Waals surface area contributed by atoms with E-state index in [1.807, 2.05) is 66.9 Å². The van der Waals surface area contributed by atoms with Crippen LogP contribution in [-0.4, -0.2) is 52.3 Å². The summed E-state index contributed by atoms with van der Waals surface area (Å²) in [5.74, 6) is 0.492. The summed E-state index contributed by atoms with van der Waals surface area (Å²) in [7, 11) is 0. The lowest BCUT2D eigenvalue weighted by Crippen LogP contribution is -2.42. The highest BCUT2D eigenvalue weighted by atomic mass is 16.6. The molecule has 0 saturated heterocycles. The van der Waals surface area contributed by atoms with E-state index >= 15 is 0 Å². The van der Waals surface area contributed by atoms with Crippen molar-refractivity contribution in [2.45, 2.75) is 32.8 Å². The summed E-state index contributed by atoms with van der Waals surface area (Å²) in [5.41, 5.74) is 4.41. The van der Waals surface area contributed by atoms with E-state index in [2.05, 4.69) is 10.4 Å². The fourth-order valence-corrected chi connectivity index (χ4v) is 4.23. The number of aryl methyl sites for hydroxylation is 2. The van der Waals surface area contributed by atoms with Crippen molar-refractivity contribution >= 4 is 28.4 Å². The van der Waals surface area contributed by atoms with E-state index < -0.39 is 5.97 Å². The van der Waals surface area contributed by atoms with Gasteiger partial charge in [0.1, 0.15) is 12.7 Å². The zero-order valence-electron chi connectivity index (χ0n) is 19.6. The number of fused-ring (bicyclic) bond motifs is 4. The lowest BCUT2D eigenvalue weighted by Gasteiger charge is -2.26. The van der Waals surface area contributed by atoms with Crippen LogP contribution >= 0.6 is 0 Å². The molecule has 0 spiro atoms. The molecule has 1 N–H and O–H groups in total. The standard InChI is InChI=1S/C26H26N4O5/c1-16-19(17(2)30-26(28-16)20-7-3-4-8-21(20)29-30)11-12-25(32)34-15-24(31)27-13-18-14-33-22-9-5-6-10-23(22)35-18/h3-10,18H,11-15H2,1-2H3,(H,27,31). The number of amides is 1. The Bertz CT molecular complexity index is 1410. The number of benzene rings is 2. The van der Waals surface area contributed by atoms with Gasteiger partial charge in [0.15, 0.2) is 23.8 Å². The number of rotatable bonds is 7. The van der Waals surface area contributed by atoms with Crippen molar-refractivity contribution in [3.05, 3.63) is 65.5 Å². The van der Waals surface area contributed by atoms with Gasteiger partial charge in [-0.15, -0.1) is 0 Å². The van der Waals surface area contributed by atoms with Gasteiger partial charge in [-0.25, -0.2) is 9.50 Å². The third-order valence-corrected chi connectivity index (χ3v) is 6.06. The number of nitrogens with one attached hydrogen (secondary N) is 1. The van der Waals surface area contributed by atoms with Crippen LogP contribution in [0.15, 0.2) is 48.5 Å². The number of hydrogen-bond donors (Lipinski definition) is 1. The first kappa shape index (κ1) is 22.6. The summed E-state index contributed by atoms with van der Waals surface area (Å²) in [6, 6.07) is 15.2. The van der Waals surface area contributed by atoms with E-state index in [-0.39, 0.29) is 31.6 Å². The molecular weight excluding hydrogens is 448 g/mol. The first-order chi connectivity index (χ1) is 17.0. The maximum atomic E-state index is 12.3. The first-order valence-corrected chi connectivity index (χ1v) is 11.5. The molecule has 3 heterocycles. The zero-order chi connectivity index (χ0) is 24.4. The van der Waals surface area contributed by atoms with Gasteiger partial charge in [0, 0.05) is 23.2 Å². The summed E-state index contributed by atoms with van der Waals surface area (Å²) in [6.07, 6.45) is 0.278. The molecule has 1 unspecified atom stereocenters. The maximum absolute atomic E-state index is 12.3. The summed E-state index contributed by atoms with van der Waals surface area (Å²) >= 11 is 0. The second-order valence-corrected chi connectivity index (χ2v) is 8.48. The molecule has 9 nitrogen and oxygen atoms in total. The van der Waals surface area contributed by atoms with Crippen LogP contribution in [-0.2, 0) is 20.7 Å². The van der Waals surface area contributed by atoms with E-state index in [4.69, 9.17) is 19.2 Å². The highest BCUT2D eigenvalue weighted by Gasteiger charge is 2.21. The topological polar surface area (TPSA) is 104 Å². The molecular formula is C26H26N4O5. The van der Waals surface area contributed by atoms with Crippen LogP contribution in [0.3, 0.4) is 0 Å². The average Bonchev–Trinajstić information content (AvgIpc) is 3.24. The molecule has 2 aromatic carbocycles. The molecule has 4 aromatic rings. The molecule has 1 aliphatic rings. The Morgan fingerprint density at radius 1 is 1.11 bits per heavy atom. The SMILES string of the molecule is Cc1nc2c3ccccc3nn2c(C)c1CCC(=O)OCC(=O)NCC1COc2ccccc2O1. The summed E-state index contributed by atoms with van der Waals surface area (Å²) in [5, 5.41) is 8.35. The monoisotopic (exact) mass is 474 g/mol. The quantitative estimate of drug-likeness (QED) is 0.411. The van der Waals surface area contributed by atoms with Crippen LogP contribution in [0.25, 0.3) is 16.6 Å². The van der Waals surface area contributed by atoms with Crippen LogP contribution in [0.4, 0.5) is 0 Å². The van der Waals surface area contributed by atoms with Crippen molar-refractivity contribution in [2.75, 3.05) is 19.8 Å². The third-order valence-electron chi connectivity index (χ3n) is 6.06. The second-order valence-electron chi connectivity index (χ2n) is 8.48. The molecule has 5 rings (SSSR count). The smallest absolute Gasteiger partial charge is 0.306 e. The minimum Gasteiger partial charge on any atom is -0.486 e. The van der Waals surface area contributed by atoms with Gasteiger partial charge in [0.25, 0.3) is 5.91 Å². The Kier molecular flexibility index (Phi) is 6.22. The number of ether oxygens (including phenoxy) is 3. The normalized spacial score (nSPS) is 14.7. The van der Waals surface area contributed by atoms with Gasteiger partial charge in [-0.2, -0.15) is 5.10 Å². The van der Waals surface area contributed by atoms with Gasteiger partial charge in [0.2, 0.25) is 0 Å². The van der Waals surface area contributed by atoms with Gasteiger partial charge in [-0.3, -0.25) is 9.59 Å². The molecule has 0 fully saturated rings. The maximum Gasteiger partial charge on any atom is 0.306 e. The highest BCUT2D eigenvalue weighted by molar-refractivity contribution is 5.92. The van der Waals surface area contributed by atoms with E-state index in [1.54, 1.807) is 0 Å². The Morgan fingerprint density at radius 2 is 1.89 bits per heavy atom. The van der Waals surface area contributed by atoms with Crippen LogP contribution in [0, 0.1) is 13.8 Å². The third kappa shape index (κ3) is 4.75. The Labute approximate surface area is 202 Å². The molecule has 1 atom stereocenters. The minimum atomic E-state index is -0.448. The predicted octanol–water partition coefficient (Wildman–Crippen LogP) is 2.93. The van der Waals surface area contributed by atoms with E-state index in [0.29, 0.717) is 24.5 Å². The summed E-state index contributed by atoms with van der Waals surface area (Å²) in [6.45, 7) is 4.14. The van der Waals surface area contributed by atoms with Crippen molar-refractivity contribution in [2.24, 2.45) is 0 Å². The lowest BCUT2D eigenvalue weighted by atomic mass is 10.1. The van der Waals surface area contributed by atoms with E-state index in [0.717, 1.165) is 33.5 Å². The molecule has 35 heavy (non-hydrogen) atoms. The predicted molar refractivity (Wildman–Crippen MR) is 129 cm³/mol. The summed E-state index contributed by atoms with van der Waals surface area (Å²) < 4.78 is 18.4. The van der Waals surface area contributed by atoms with Crippen molar-refractivity contribution in [3.63, 3.8) is 0 Å². The zero-order valence-corrected chi connectivity index (χ0v) is 19.6. The fraction of sp³-hybridized carbons (Fsp3) is 0.308. The highest BCUT2D eigenvalue weighted by Crippen LogP contribution is 2.30. The average molecular weight is 475 g/mol. The number of para-hydroxylation sites is 2. The molecule has 0 radical (unpaired) electrons. The Balaban J connectivity index is 1.11. The lowest BCUT2D eigenvalue weighted by molar-refractivity contribution is -0.148. The Morgan fingerprint density at radius 3 is 2.74 bits per heavy atom. The van der Waals surface area contributed by atoms with Crippen molar-refractivity contribution in [1.29, 1.82) is 0 Å². The van der Waals surface area contributed by atoms with Crippen molar-refractivity contribution in [1.82, 2.24) is 19.9 Å². The second kappa shape index (κ2) is 9.61. The Hall–Kier alpha value is -4.14. The number of aromatic nitrogens is 3. The van der Waals surface area contributed by atoms with Crippen molar-refractivity contribution in [3.8, 4) is 11.5 Å². The number of esters is 1. The number of nitrogens with zero attached hydrogens (tertiary/aromatic N) is 3. The van der Waals surface area contributed by atoms with Gasteiger partial charge in [-0.1, -0.05) is 24.3 Å².